The average molecular weight is 761 g/mol. The van der Waals surface area contributed by atoms with Gasteiger partial charge in [0.2, 0.25) is 5.82 Å². The second kappa shape index (κ2) is 15.2. The molecule has 0 atom stereocenters. The van der Waals surface area contributed by atoms with E-state index in [0.29, 0.717) is 56.2 Å². The van der Waals surface area contributed by atoms with Crippen molar-refractivity contribution in [2.24, 2.45) is 0 Å². The summed E-state index contributed by atoms with van der Waals surface area (Å²) in [6, 6.07) is 4.56. The zero-order chi connectivity index (χ0) is 38.0. The number of thiol groups is 1. The summed E-state index contributed by atoms with van der Waals surface area (Å²) in [7, 11) is 1.43. The SMILES string of the molecule is CN1N(Cc2ccc(OCCNCCS)c(F)c2F)C(=O)C(C(=O)Nc2ccc(C(F)(F)F)cc2-c2cc(C(F)(F)F)ncn2)=C(O)C12CCCC2. The van der Waals surface area contributed by atoms with Gasteiger partial charge in [-0.25, -0.2) is 19.4 Å². The van der Waals surface area contributed by atoms with E-state index < -0.39 is 87.4 Å². The Morgan fingerprint density at radius 1 is 1.00 bits per heavy atom. The van der Waals surface area contributed by atoms with E-state index in [-0.39, 0.29) is 30.8 Å². The van der Waals surface area contributed by atoms with Crippen LogP contribution in [0.15, 0.2) is 54.1 Å². The van der Waals surface area contributed by atoms with Gasteiger partial charge in [-0.2, -0.15) is 43.4 Å². The second-order valence-electron chi connectivity index (χ2n) is 12.0. The quantitative estimate of drug-likeness (QED) is 0.0778. The molecule has 0 saturated heterocycles. The van der Waals surface area contributed by atoms with Crippen molar-refractivity contribution in [3.8, 4) is 17.0 Å². The van der Waals surface area contributed by atoms with E-state index >= 15 is 8.78 Å². The molecule has 52 heavy (non-hydrogen) atoms. The molecule has 0 radical (unpaired) electrons. The van der Waals surface area contributed by atoms with Gasteiger partial charge in [0.1, 0.15) is 30.0 Å². The van der Waals surface area contributed by atoms with Crippen LogP contribution in [-0.4, -0.2) is 74.9 Å². The molecule has 1 aromatic heterocycles. The number of aliphatic hydroxyl groups is 1. The van der Waals surface area contributed by atoms with Crippen LogP contribution < -0.4 is 15.4 Å². The Hall–Kier alpha value is -4.49. The van der Waals surface area contributed by atoms with Crippen LogP contribution in [0.3, 0.4) is 0 Å². The number of ether oxygens (including phenoxy) is 1. The van der Waals surface area contributed by atoms with Crippen LogP contribution in [0.4, 0.5) is 40.8 Å². The van der Waals surface area contributed by atoms with E-state index in [1.54, 1.807) is 0 Å². The maximum absolute atomic E-state index is 15.4. The van der Waals surface area contributed by atoms with Crippen molar-refractivity contribution in [1.29, 1.82) is 0 Å². The molecule has 19 heteroatoms. The molecule has 1 fully saturated rings. The zero-order valence-corrected chi connectivity index (χ0v) is 28.2. The molecule has 3 aromatic rings. The molecule has 5 rings (SSSR count). The van der Waals surface area contributed by atoms with Crippen molar-refractivity contribution >= 4 is 30.1 Å². The Balaban J connectivity index is 1.49. The van der Waals surface area contributed by atoms with E-state index in [9.17, 15) is 41.0 Å². The number of likely N-dealkylation sites (N-methyl/N-ethyl adjacent to an activating group) is 1. The highest BCUT2D eigenvalue weighted by atomic mass is 32.1. The summed E-state index contributed by atoms with van der Waals surface area (Å²) in [5.74, 6) is -5.62. The minimum absolute atomic E-state index is 0.0171. The fraction of sp³-hybridized carbons (Fsp3) is 0.394. The summed E-state index contributed by atoms with van der Waals surface area (Å²) in [5.41, 5.74) is -6.96. The highest BCUT2D eigenvalue weighted by Crippen LogP contribution is 2.45. The first-order chi connectivity index (χ1) is 24.5. The molecule has 1 aliphatic heterocycles. The second-order valence-corrected chi connectivity index (χ2v) is 12.5. The number of hydrazine groups is 1. The van der Waals surface area contributed by atoms with Crippen molar-refractivity contribution < 1.29 is 54.6 Å². The molecule has 2 amide bonds. The molecule has 1 spiro atoms. The topological polar surface area (TPSA) is 120 Å². The number of carbonyl (C=O) groups is 2. The van der Waals surface area contributed by atoms with Crippen LogP contribution in [0, 0.1) is 11.6 Å². The number of carbonyl (C=O) groups excluding carboxylic acids is 2. The predicted molar refractivity (Wildman–Crippen MR) is 174 cm³/mol. The van der Waals surface area contributed by atoms with Crippen LogP contribution >= 0.6 is 12.6 Å². The lowest BCUT2D eigenvalue weighted by Gasteiger charge is -2.48. The van der Waals surface area contributed by atoms with Crippen LogP contribution in [0.5, 0.6) is 5.75 Å². The summed E-state index contributed by atoms with van der Waals surface area (Å²) >= 11 is 4.06. The minimum Gasteiger partial charge on any atom is -0.509 e. The first-order valence-electron chi connectivity index (χ1n) is 15.8. The number of halogens is 8. The van der Waals surface area contributed by atoms with E-state index in [0.717, 1.165) is 11.1 Å². The van der Waals surface area contributed by atoms with Gasteiger partial charge in [-0.3, -0.25) is 14.6 Å². The van der Waals surface area contributed by atoms with E-state index in [1.807, 2.05) is 0 Å². The summed E-state index contributed by atoms with van der Waals surface area (Å²) in [4.78, 5) is 34.6. The lowest BCUT2D eigenvalue weighted by molar-refractivity contribution is -0.163. The van der Waals surface area contributed by atoms with Gasteiger partial charge in [0.15, 0.2) is 11.6 Å². The third kappa shape index (κ3) is 7.80. The largest absolute Gasteiger partial charge is 0.509 e. The molecular weight excluding hydrogens is 728 g/mol. The molecule has 280 valence electrons. The number of nitrogens with one attached hydrogen (secondary N) is 2. The third-order valence-electron chi connectivity index (χ3n) is 8.87. The van der Waals surface area contributed by atoms with Crippen LogP contribution in [0.25, 0.3) is 11.3 Å². The normalized spacial score (nSPS) is 16.6. The lowest BCUT2D eigenvalue weighted by atomic mass is 9.88. The molecule has 1 saturated carbocycles. The Morgan fingerprint density at radius 3 is 2.37 bits per heavy atom. The number of benzene rings is 2. The summed E-state index contributed by atoms with van der Waals surface area (Å²) in [6.45, 7) is 0.311. The summed E-state index contributed by atoms with van der Waals surface area (Å²) in [6.07, 6.45) is -7.90. The molecule has 1 aliphatic carbocycles. The number of nitrogens with zero attached hydrogens (tertiary/aromatic N) is 4. The van der Waals surface area contributed by atoms with Gasteiger partial charge in [-0.15, -0.1) is 0 Å². The third-order valence-corrected chi connectivity index (χ3v) is 9.09. The number of amides is 2. The number of hydrogen-bond donors (Lipinski definition) is 4. The molecule has 0 bridgehead atoms. The predicted octanol–water partition coefficient (Wildman–Crippen LogP) is 6.31. The first-order valence-corrected chi connectivity index (χ1v) is 16.5. The van der Waals surface area contributed by atoms with Crippen molar-refractivity contribution in [1.82, 2.24) is 25.3 Å². The lowest BCUT2D eigenvalue weighted by Crippen LogP contribution is -2.62. The average Bonchev–Trinajstić information content (AvgIpc) is 3.59. The fourth-order valence-electron chi connectivity index (χ4n) is 6.18. The van der Waals surface area contributed by atoms with Crippen LogP contribution in [0.1, 0.15) is 42.5 Å². The Labute approximate surface area is 297 Å². The van der Waals surface area contributed by atoms with Crippen molar-refractivity contribution in [3.63, 3.8) is 0 Å². The first kappa shape index (κ1) is 38.7. The van der Waals surface area contributed by atoms with E-state index in [4.69, 9.17) is 4.74 Å². The Kier molecular flexibility index (Phi) is 11.4. The van der Waals surface area contributed by atoms with Gasteiger partial charge in [-0.1, -0.05) is 18.9 Å². The zero-order valence-electron chi connectivity index (χ0n) is 27.3. The van der Waals surface area contributed by atoms with Gasteiger partial charge >= 0.3 is 12.4 Å². The van der Waals surface area contributed by atoms with Gasteiger partial charge in [0, 0.05) is 37.0 Å². The van der Waals surface area contributed by atoms with Gasteiger partial charge < -0.3 is 20.5 Å². The molecule has 10 nitrogen and oxygen atoms in total. The number of rotatable bonds is 11. The standard InChI is InChI=1S/C33H32F8N6O4S/c1-46-31(8-2-3-9-31)28(48)25(30(50)47(46)16-18-4-7-23(27(35)26(18)34)51-12-10-42-11-13-52)29(49)45-21-6-5-19(32(36,37)38)14-20(21)22-15-24(33(39,40)41)44-17-43-22/h4-7,14-15,17,42,48,52H,2-3,8-13,16H2,1H3,(H,45,49). The minimum atomic E-state index is -4.99. The highest BCUT2D eigenvalue weighted by molar-refractivity contribution is 7.80. The van der Waals surface area contributed by atoms with E-state index in [1.165, 1.54) is 24.2 Å². The van der Waals surface area contributed by atoms with Gasteiger partial charge in [0.05, 0.1) is 29.0 Å². The molecule has 0 unspecified atom stereocenters. The monoisotopic (exact) mass is 760 g/mol. The molecule has 2 aromatic carbocycles. The van der Waals surface area contributed by atoms with Gasteiger partial charge in [0.25, 0.3) is 11.8 Å². The maximum atomic E-state index is 15.4. The van der Waals surface area contributed by atoms with Crippen molar-refractivity contribution in [3.05, 3.63) is 82.5 Å². The Bertz CT molecular complexity index is 1870. The number of anilines is 1. The fourth-order valence-corrected chi connectivity index (χ4v) is 6.33. The summed E-state index contributed by atoms with van der Waals surface area (Å²) < 4.78 is 117. The van der Waals surface area contributed by atoms with Crippen LogP contribution in [0.2, 0.25) is 0 Å². The van der Waals surface area contributed by atoms with E-state index in [2.05, 4.69) is 33.2 Å². The maximum Gasteiger partial charge on any atom is 0.433 e. The molecular formula is C33H32F8N6O4S. The number of alkyl halides is 6. The Morgan fingerprint density at radius 2 is 1.71 bits per heavy atom. The number of hydrogen-bond acceptors (Lipinski definition) is 9. The van der Waals surface area contributed by atoms with Crippen LogP contribution in [-0.2, 0) is 28.5 Å². The van der Waals surface area contributed by atoms with Crippen molar-refractivity contribution in [2.75, 3.05) is 37.8 Å². The highest BCUT2D eigenvalue weighted by Gasteiger charge is 2.53. The number of aromatic nitrogens is 2. The molecule has 2 aliphatic rings. The van der Waals surface area contributed by atoms with Gasteiger partial charge in [-0.05, 0) is 43.2 Å². The molecule has 3 N–H and O–H groups in total. The number of aliphatic hydroxyl groups excluding tert-OH is 1. The van der Waals surface area contributed by atoms with Crippen molar-refractivity contribution in [2.45, 2.75) is 50.1 Å². The summed E-state index contributed by atoms with van der Waals surface area (Å²) in [5, 5.41) is 19.0. The smallest absolute Gasteiger partial charge is 0.433 e. The molecule has 2 heterocycles.